The lowest BCUT2D eigenvalue weighted by Gasteiger charge is -2.22. The van der Waals surface area contributed by atoms with E-state index in [2.05, 4.69) is 15.9 Å². The molecular weight excluding hydrogens is 438 g/mol. The van der Waals surface area contributed by atoms with Crippen LogP contribution in [-0.2, 0) is 15.2 Å². The van der Waals surface area contributed by atoms with Crippen molar-refractivity contribution < 1.29 is 24.2 Å². The number of fused-ring (bicyclic) bond motifs is 2. The third kappa shape index (κ3) is 3.56. The van der Waals surface area contributed by atoms with Crippen LogP contribution in [0, 0.1) is 0 Å². The van der Waals surface area contributed by atoms with Crippen LogP contribution in [0.4, 0.5) is 5.69 Å². The number of carbonyl (C=O) groups is 2. The van der Waals surface area contributed by atoms with Crippen molar-refractivity contribution in [3.05, 3.63) is 58.1 Å². The van der Waals surface area contributed by atoms with E-state index in [4.69, 9.17) is 9.47 Å². The molecule has 150 valence electrons. The van der Waals surface area contributed by atoms with Gasteiger partial charge < -0.3 is 19.5 Å². The predicted octanol–water partition coefficient (Wildman–Crippen LogP) is 3.79. The highest BCUT2D eigenvalue weighted by atomic mass is 79.9. The molecule has 0 aromatic heterocycles. The molecule has 1 amide bonds. The van der Waals surface area contributed by atoms with E-state index in [9.17, 15) is 14.7 Å². The molecule has 1 N–H and O–H groups in total. The molecule has 2 aliphatic rings. The molecule has 0 saturated heterocycles. The lowest BCUT2D eigenvalue weighted by atomic mass is 9.89. The summed E-state index contributed by atoms with van der Waals surface area (Å²) in [5.41, 5.74) is -0.00160. The minimum atomic E-state index is -1.87. The number of amides is 1. The molecule has 0 radical (unpaired) electrons. The largest absolute Gasteiger partial charge is 0.454 e. The number of aliphatic hydroxyl groups is 1. The van der Waals surface area contributed by atoms with Gasteiger partial charge in [0.05, 0.1) is 12.1 Å². The monoisotopic (exact) mass is 457 g/mol. The number of nitrogens with zero attached hydrogens (tertiary/aromatic N) is 1. The Balaban J connectivity index is 1.57. The van der Waals surface area contributed by atoms with E-state index in [0.29, 0.717) is 29.3 Å². The highest BCUT2D eigenvalue weighted by Gasteiger charge is 2.50. The highest BCUT2D eigenvalue weighted by molar-refractivity contribution is 9.10. The minimum absolute atomic E-state index is 0.180. The number of rotatable bonds is 6. The van der Waals surface area contributed by atoms with Crippen LogP contribution in [-0.4, -0.2) is 30.1 Å². The van der Waals surface area contributed by atoms with Crippen LogP contribution in [0.3, 0.4) is 0 Å². The third-order valence-electron chi connectivity index (χ3n) is 5.03. The van der Waals surface area contributed by atoms with Crippen molar-refractivity contribution in [3.8, 4) is 11.5 Å². The van der Waals surface area contributed by atoms with Gasteiger partial charge in [0.15, 0.2) is 22.9 Å². The van der Waals surface area contributed by atoms with E-state index in [1.54, 1.807) is 35.2 Å². The summed E-state index contributed by atoms with van der Waals surface area (Å²) in [6.45, 7) is 2.62. The number of hydrogen-bond acceptors (Lipinski definition) is 5. The summed E-state index contributed by atoms with van der Waals surface area (Å²) in [5, 5.41) is 11.2. The zero-order valence-electron chi connectivity index (χ0n) is 15.9. The Morgan fingerprint density at radius 3 is 2.83 bits per heavy atom. The molecule has 0 saturated carbocycles. The molecule has 2 aromatic carbocycles. The Bertz CT molecular complexity index is 1020. The summed E-state index contributed by atoms with van der Waals surface area (Å²) >= 11 is 3.39. The average Bonchev–Trinajstić information content (AvgIpc) is 3.24. The maximum atomic E-state index is 13.0. The SMILES string of the molecule is CCCN1C(=O)C(O)(CC(=O)/C=C/c2ccc3c(c2)OCO3)c2cc(Br)ccc21. The van der Waals surface area contributed by atoms with Gasteiger partial charge in [-0.1, -0.05) is 35.0 Å². The molecular formula is C22H20BrNO5. The second kappa shape index (κ2) is 7.65. The quantitative estimate of drug-likeness (QED) is 0.667. The Morgan fingerprint density at radius 2 is 2.03 bits per heavy atom. The van der Waals surface area contributed by atoms with Gasteiger partial charge >= 0.3 is 0 Å². The smallest absolute Gasteiger partial charge is 0.264 e. The molecule has 2 aliphatic heterocycles. The number of ketones is 1. The number of hydrogen-bond donors (Lipinski definition) is 1. The summed E-state index contributed by atoms with van der Waals surface area (Å²) in [6.07, 6.45) is 3.44. The molecule has 2 aromatic rings. The number of carbonyl (C=O) groups excluding carboxylic acids is 2. The van der Waals surface area contributed by atoms with E-state index < -0.39 is 11.5 Å². The number of halogens is 1. The van der Waals surface area contributed by atoms with Crippen molar-refractivity contribution >= 4 is 39.4 Å². The molecule has 0 fully saturated rings. The van der Waals surface area contributed by atoms with Crippen molar-refractivity contribution in [1.82, 2.24) is 0 Å². The van der Waals surface area contributed by atoms with E-state index in [-0.39, 0.29) is 19.0 Å². The number of allylic oxidation sites excluding steroid dienone is 1. The fourth-order valence-electron chi connectivity index (χ4n) is 3.66. The first-order valence-corrected chi connectivity index (χ1v) is 10.2. The Kier molecular flexibility index (Phi) is 5.19. The van der Waals surface area contributed by atoms with E-state index in [1.165, 1.54) is 6.08 Å². The van der Waals surface area contributed by atoms with Crippen molar-refractivity contribution in [2.45, 2.75) is 25.4 Å². The molecule has 6 nitrogen and oxygen atoms in total. The molecule has 1 atom stereocenters. The van der Waals surface area contributed by atoms with Gasteiger partial charge in [0.2, 0.25) is 6.79 Å². The zero-order valence-corrected chi connectivity index (χ0v) is 17.4. The molecule has 1 unspecified atom stereocenters. The second-order valence-electron chi connectivity index (χ2n) is 7.07. The maximum Gasteiger partial charge on any atom is 0.264 e. The fourth-order valence-corrected chi connectivity index (χ4v) is 4.02. The average molecular weight is 458 g/mol. The first kappa shape index (κ1) is 19.7. The Hall–Kier alpha value is -2.64. The molecule has 0 spiro atoms. The standard InChI is InChI=1S/C22H20BrNO5/c1-2-9-24-18-7-5-15(23)11-17(18)22(27,21(24)26)12-16(25)6-3-14-4-8-19-20(10-14)29-13-28-19/h3-8,10-11,27H,2,9,12-13H2,1H3/b6-3+. The van der Waals surface area contributed by atoms with Crippen LogP contribution >= 0.6 is 15.9 Å². The first-order valence-electron chi connectivity index (χ1n) is 9.37. The highest BCUT2D eigenvalue weighted by Crippen LogP contribution is 2.44. The van der Waals surface area contributed by atoms with Gasteiger partial charge in [-0.05, 0) is 48.4 Å². The third-order valence-corrected chi connectivity index (χ3v) is 5.52. The van der Waals surface area contributed by atoms with Gasteiger partial charge in [-0.2, -0.15) is 0 Å². The lowest BCUT2D eigenvalue weighted by Crippen LogP contribution is -2.41. The van der Waals surface area contributed by atoms with Gasteiger partial charge in [0, 0.05) is 16.6 Å². The van der Waals surface area contributed by atoms with Gasteiger partial charge in [-0.25, -0.2) is 0 Å². The van der Waals surface area contributed by atoms with Gasteiger partial charge in [0.25, 0.3) is 5.91 Å². The van der Waals surface area contributed by atoms with E-state index in [1.807, 2.05) is 19.1 Å². The van der Waals surface area contributed by atoms with Gasteiger partial charge in [0.1, 0.15) is 0 Å². The number of benzene rings is 2. The van der Waals surface area contributed by atoms with Gasteiger partial charge in [-0.3, -0.25) is 9.59 Å². The molecule has 2 heterocycles. The molecule has 7 heteroatoms. The van der Waals surface area contributed by atoms with Crippen LogP contribution < -0.4 is 14.4 Å². The van der Waals surface area contributed by atoms with Crippen molar-refractivity contribution in [1.29, 1.82) is 0 Å². The molecule has 0 aliphatic carbocycles. The maximum absolute atomic E-state index is 13.0. The summed E-state index contributed by atoms with van der Waals surface area (Å²) in [6, 6.07) is 10.7. The van der Waals surface area contributed by atoms with Crippen LogP contribution in [0.5, 0.6) is 11.5 Å². The van der Waals surface area contributed by atoms with Crippen LogP contribution in [0.15, 0.2) is 46.9 Å². The Labute approximate surface area is 176 Å². The zero-order chi connectivity index (χ0) is 20.6. The Morgan fingerprint density at radius 1 is 1.24 bits per heavy atom. The summed E-state index contributed by atoms with van der Waals surface area (Å²) in [4.78, 5) is 27.2. The van der Waals surface area contributed by atoms with Crippen molar-refractivity contribution in [2.24, 2.45) is 0 Å². The van der Waals surface area contributed by atoms with Crippen LogP contribution in [0.2, 0.25) is 0 Å². The second-order valence-corrected chi connectivity index (χ2v) is 7.98. The van der Waals surface area contributed by atoms with Crippen LogP contribution in [0.1, 0.15) is 30.9 Å². The van der Waals surface area contributed by atoms with E-state index in [0.717, 1.165) is 16.5 Å². The van der Waals surface area contributed by atoms with Gasteiger partial charge in [-0.15, -0.1) is 0 Å². The summed E-state index contributed by atoms with van der Waals surface area (Å²) in [5.74, 6) is 0.482. The lowest BCUT2D eigenvalue weighted by molar-refractivity contribution is -0.140. The number of anilines is 1. The normalized spacial score (nSPS) is 19.8. The molecule has 4 rings (SSSR count). The minimum Gasteiger partial charge on any atom is -0.454 e. The fraction of sp³-hybridized carbons (Fsp3) is 0.273. The predicted molar refractivity (Wildman–Crippen MR) is 112 cm³/mol. The van der Waals surface area contributed by atoms with Crippen LogP contribution in [0.25, 0.3) is 6.08 Å². The topological polar surface area (TPSA) is 76.1 Å². The van der Waals surface area contributed by atoms with Crippen molar-refractivity contribution in [2.75, 3.05) is 18.2 Å². The van der Waals surface area contributed by atoms with E-state index >= 15 is 0 Å². The summed E-state index contributed by atoms with van der Waals surface area (Å²) in [7, 11) is 0. The molecule has 0 bridgehead atoms. The summed E-state index contributed by atoms with van der Waals surface area (Å²) < 4.78 is 11.3. The number of ether oxygens (including phenoxy) is 2. The van der Waals surface area contributed by atoms with Crippen molar-refractivity contribution in [3.63, 3.8) is 0 Å². The molecule has 29 heavy (non-hydrogen) atoms. The first-order chi connectivity index (χ1) is 13.9.